The summed E-state index contributed by atoms with van der Waals surface area (Å²) in [5, 5.41) is 8.33. The van der Waals surface area contributed by atoms with Crippen molar-refractivity contribution in [3.05, 3.63) is 107 Å². The summed E-state index contributed by atoms with van der Waals surface area (Å²) in [7, 11) is 0. The summed E-state index contributed by atoms with van der Waals surface area (Å²) in [4.78, 5) is 0. The molecule has 0 spiro atoms. The minimum atomic E-state index is -0.255. The van der Waals surface area contributed by atoms with Gasteiger partial charge in [0.25, 0.3) is 0 Å². The van der Waals surface area contributed by atoms with Crippen molar-refractivity contribution < 1.29 is 4.39 Å². The van der Waals surface area contributed by atoms with Crippen LogP contribution >= 0.6 is 0 Å². The molecule has 0 N–H and O–H groups in total. The van der Waals surface area contributed by atoms with Crippen LogP contribution in [0, 0.1) is 5.82 Å². The zero-order valence-electron chi connectivity index (χ0n) is 19.5. The third kappa shape index (κ3) is 7.64. The van der Waals surface area contributed by atoms with Crippen LogP contribution in [-0.4, -0.2) is 12.4 Å². The average Bonchev–Trinajstić information content (AvgIpc) is 2.84. The van der Waals surface area contributed by atoms with Crippen molar-refractivity contribution in [1.82, 2.24) is 0 Å². The number of nitrogens with zero attached hydrogens (tertiary/aromatic N) is 2. The zero-order valence-corrected chi connectivity index (χ0v) is 19.5. The molecule has 0 saturated carbocycles. The van der Waals surface area contributed by atoms with Crippen molar-refractivity contribution in [3.63, 3.8) is 0 Å². The fourth-order valence-electron chi connectivity index (χ4n) is 3.77. The average molecular weight is 441 g/mol. The van der Waals surface area contributed by atoms with Crippen LogP contribution in [0.1, 0.15) is 61.3 Å². The molecule has 0 aliphatic carbocycles. The Bertz CT molecular complexity index is 1080. The molecule has 0 aliphatic heterocycles. The molecule has 0 aromatic heterocycles. The van der Waals surface area contributed by atoms with Gasteiger partial charge in [0.1, 0.15) is 5.82 Å². The minimum Gasteiger partial charge on any atom is -0.206 e. The van der Waals surface area contributed by atoms with E-state index < -0.39 is 0 Å². The number of hydrogen-bond acceptors (Lipinski definition) is 2. The predicted molar refractivity (Wildman–Crippen MR) is 140 cm³/mol. The molecular weight excluding hydrogens is 407 g/mol. The lowest BCUT2D eigenvalue weighted by atomic mass is 10.0. The van der Waals surface area contributed by atoms with Gasteiger partial charge in [-0.25, -0.2) is 4.39 Å². The molecule has 3 rings (SSSR count). The molecule has 33 heavy (non-hydrogen) atoms. The van der Waals surface area contributed by atoms with Gasteiger partial charge in [0.2, 0.25) is 0 Å². The number of rotatable bonds is 12. The highest BCUT2D eigenvalue weighted by molar-refractivity contribution is 5.84. The van der Waals surface area contributed by atoms with Gasteiger partial charge in [0, 0.05) is 5.56 Å². The Morgan fingerprint density at radius 2 is 1.64 bits per heavy atom. The van der Waals surface area contributed by atoms with Gasteiger partial charge < -0.3 is 0 Å². The van der Waals surface area contributed by atoms with Crippen LogP contribution < -0.4 is 0 Å². The van der Waals surface area contributed by atoms with E-state index in [0.717, 1.165) is 43.2 Å². The van der Waals surface area contributed by atoms with Crippen LogP contribution in [0.3, 0.4) is 0 Å². The molecule has 3 aromatic carbocycles. The maximum atomic E-state index is 14.7. The number of halogens is 1. The molecule has 3 heteroatoms. The summed E-state index contributed by atoms with van der Waals surface area (Å²) in [5.41, 5.74) is 5.79. The van der Waals surface area contributed by atoms with E-state index >= 15 is 0 Å². The number of allylic oxidation sites excluding steroid dienone is 1. The Balaban J connectivity index is 1.63. The summed E-state index contributed by atoms with van der Waals surface area (Å²) in [6, 6.07) is 21.6. The molecule has 0 radical (unpaired) electrons. The highest BCUT2D eigenvalue weighted by Crippen LogP contribution is 2.24. The normalized spacial score (nSPS) is 11.5. The van der Waals surface area contributed by atoms with Gasteiger partial charge in [0.05, 0.1) is 12.4 Å². The van der Waals surface area contributed by atoms with E-state index in [0.29, 0.717) is 11.1 Å². The molecular formula is C30H33FN2. The number of unbranched alkanes of at least 4 members (excludes halogenated alkanes) is 3. The molecule has 2 nitrogen and oxygen atoms in total. The third-order valence-electron chi connectivity index (χ3n) is 5.71. The molecule has 0 fully saturated rings. The SMILES string of the molecule is C=CCCCCc1ccccc1C=NN=Cc1ccc(-c2ccc(CCCC)cc2)c(F)c1. The van der Waals surface area contributed by atoms with E-state index in [1.807, 2.05) is 42.5 Å². The number of aryl methyl sites for hydroxylation is 2. The number of benzene rings is 3. The molecule has 0 saturated heterocycles. The highest BCUT2D eigenvalue weighted by Gasteiger charge is 2.06. The Labute approximate surface area is 197 Å². The summed E-state index contributed by atoms with van der Waals surface area (Å²) >= 11 is 0. The first kappa shape index (κ1) is 24.3. The van der Waals surface area contributed by atoms with E-state index in [-0.39, 0.29) is 5.82 Å². The fraction of sp³-hybridized carbons (Fsp3) is 0.267. The Morgan fingerprint density at radius 3 is 2.39 bits per heavy atom. The number of hydrogen-bond donors (Lipinski definition) is 0. The largest absolute Gasteiger partial charge is 0.206 e. The second-order valence-electron chi connectivity index (χ2n) is 8.26. The maximum absolute atomic E-state index is 14.7. The first-order valence-electron chi connectivity index (χ1n) is 11.9. The van der Waals surface area contributed by atoms with Crippen molar-refractivity contribution in [2.75, 3.05) is 0 Å². The summed E-state index contributed by atoms with van der Waals surface area (Å²) in [6.45, 7) is 5.96. The minimum absolute atomic E-state index is 0.255. The van der Waals surface area contributed by atoms with E-state index in [9.17, 15) is 4.39 Å². The van der Waals surface area contributed by atoms with Gasteiger partial charge in [-0.15, -0.1) is 6.58 Å². The Hall–Kier alpha value is -3.33. The van der Waals surface area contributed by atoms with E-state index in [1.165, 1.54) is 30.0 Å². The van der Waals surface area contributed by atoms with E-state index in [2.05, 4.69) is 41.9 Å². The van der Waals surface area contributed by atoms with Crippen molar-refractivity contribution in [2.45, 2.75) is 51.9 Å². The standard InChI is InChI=1S/C30H33FN2/c1-3-5-7-8-12-26-13-9-10-14-28(26)23-33-32-22-25-17-20-29(30(31)21-25)27-18-15-24(16-19-27)11-6-4-2/h3,9-10,13-23H,1,4-8,11-12H2,2H3. The lowest BCUT2D eigenvalue weighted by molar-refractivity contribution is 0.631. The molecule has 0 amide bonds. The van der Waals surface area contributed by atoms with Gasteiger partial charge in [-0.3, -0.25) is 0 Å². The lowest BCUT2D eigenvalue weighted by Crippen LogP contribution is -1.93. The summed E-state index contributed by atoms with van der Waals surface area (Å²) in [5.74, 6) is -0.255. The van der Waals surface area contributed by atoms with Crippen LogP contribution in [0.25, 0.3) is 11.1 Å². The Kier molecular flexibility index (Phi) is 9.78. The maximum Gasteiger partial charge on any atom is 0.131 e. The second-order valence-corrected chi connectivity index (χ2v) is 8.26. The van der Waals surface area contributed by atoms with Crippen molar-refractivity contribution in [2.24, 2.45) is 10.2 Å². The van der Waals surface area contributed by atoms with Crippen LogP contribution in [0.15, 0.2) is 89.6 Å². The van der Waals surface area contributed by atoms with Gasteiger partial charge in [-0.2, -0.15) is 10.2 Å². The molecule has 0 bridgehead atoms. The van der Waals surface area contributed by atoms with E-state index in [1.54, 1.807) is 18.5 Å². The Morgan fingerprint density at radius 1 is 0.848 bits per heavy atom. The molecule has 0 heterocycles. The molecule has 0 aliphatic rings. The molecule has 0 atom stereocenters. The van der Waals surface area contributed by atoms with Crippen LogP contribution in [0.2, 0.25) is 0 Å². The third-order valence-corrected chi connectivity index (χ3v) is 5.71. The highest BCUT2D eigenvalue weighted by atomic mass is 19.1. The van der Waals surface area contributed by atoms with Crippen LogP contribution in [-0.2, 0) is 12.8 Å². The molecule has 0 unspecified atom stereocenters. The topological polar surface area (TPSA) is 24.7 Å². The first-order valence-corrected chi connectivity index (χ1v) is 11.9. The fourth-order valence-corrected chi connectivity index (χ4v) is 3.77. The van der Waals surface area contributed by atoms with Crippen LogP contribution in [0.4, 0.5) is 4.39 Å². The second kappa shape index (κ2) is 13.3. The quantitative estimate of drug-likeness (QED) is 0.117. The lowest BCUT2D eigenvalue weighted by Gasteiger charge is -2.06. The zero-order chi connectivity index (χ0) is 23.3. The van der Waals surface area contributed by atoms with Gasteiger partial charge in [-0.05, 0) is 72.4 Å². The van der Waals surface area contributed by atoms with Gasteiger partial charge in [0.15, 0.2) is 0 Å². The molecule has 3 aromatic rings. The molecule has 170 valence electrons. The van der Waals surface area contributed by atoms with Crippen molar-refractivity contribution >= 4 is 12.4 Å². The van der Waals surface area contributed by atoms with Gasteiger partial charge >= 0.3 is 0 Å². The van der Waals surface area contributed by atoms with Crippen molar-refractivity contribution in [1.29, 1.82) is 0 Å². The monoisotopic (exact) mass is 440 g/mol. The van der Waals surface area contributed by atoms with Crippen LogP contribution in [0.5, 0.6) is 0 Å². The first-order chi connectivity index (χ1) is 16.2. The summed E-state index contributed by atoms with van der Waals surface area (Å²) < 4.78 is 14.7. The summed E-state index contributed by atoms with van der Waals surface area (Å²) in [6.07, 6.45) is 13.0. The van der Waals surface area contributed by atoms with E-state index in [4.69, 9.17) is 0 Å². The van der Waals surface area contributed by atoms with Crippen molar-refractivity contribution in [3.8, 4) is 11.1 Å². The van der Waals surface area contributed by atoms with Gasteiger partial charge in [-0.1, -0.05) is 80.1 Å². The predicted octanol–water partition coefficient (Wildman–Crippen LogP) is 8.19. The smallest absolute Gasteiger partial charge is 0.131 e.